The fraction of sp³-hybridized carbons (Fsp3) is 0.0769. The first-order valence-electron chi connectivity index (χ1n) is 5.44. The minimum Gasteiger partial charge on any atom is -0.207 e. The van der Waals surface area contributed by atoms with Gasteiger partial charge in [0.05, 0.1) is 30.7 Å². The van der Waals surface area contributed by atoms with Crippen molar-refractivity contribution in [3.63, 3.8) is 0 Å². The SMILES string of the molecule is Fc1ccc(-c2c(Cl)c(Cl)c(Cl)c(Cl)c2Cl)c(C(F)(F)F)c1. The molecule has 0 saturated carbocycles. The van der Waals surface area contributed by atoms with E-state index < -0.39 is 23.1 Å². The third-order valence-electron chi connectivity index (χ3n) is 2.77. The molecule has 0 nitrogen and oxygen atoms in total. The van der Waals surface area contributed by atoms with Gasteiger partial charge in [-0.3, -0.25) is 0 Å². The summed E-state index contributed by atoms with van der Waals surface area (Å²) in [5, 5.41) is -1.29. The zero-order valence-corrected chi connectivity index (χ0v) is 13.9. The van der Waals surface area contributed by atoms with Gasteiger partial charge in [0.25, 0.3) is 0 Å². The smallest absolute Gasteiger partial charge is 0.207 e. The Balaban J connectivity index is 2.90. The van der Waals surface area contributed by atoms with Crippen molar-refractivity contribution in [3.05, 3.63) is 54.7 Å². The molecular formula is C13H3Cl5F4. The van der Waals surface area contributed by atoms with E-state index in [0.29, 0.717) is 6.07 Å². The molecule has 0 bridgehead atoms. The molecule has 0 aliphatic carbocycles. The van der Waals surface area contributed by atoms with E-state index in [9.17, 15) is 17.6 Å². The van der Waals surface area contributed by atoms with E-state index in [4.69, 9.17) is 58.0 Å². The standard InChI is InChI=1S/C13H3Cl5F4/c14-8-7(9(15)11(17)12(18)10(8)16)5-2-1-4(19)3-6(5)13(20,21)22/h1-3H. The minimum absolute atomic E-state index is 0.183. The Morgan fingerprint density at radius 2 is 1.18 bits per heavy atom. The molecule has 22 heavy (non-hydrogen) atoms. The molecule has 0 heterocycles. The van der Waals surface area contributed by atoms with Crippen LogP contribution in [0.3, 0.4) is 0 Å². The molecule has 0 atom stereocenters. The van der Waals surface area contributed by atoms with Gasteiger partial charge in [-0.25, -0.2) is 4.39 Å². The summed E-state index contributed by atoms with van der Waals surface area (Å²) < 4.78 is 52.5. The summed E-state index contributed by atoms with van der Waals surface area (Å²) in [6.45, 7) is 0. The van der Waals surface area contributed by atoms with Gasteiger partial charge in [-0.1, -0.05) is 64.1 Å². The zero-order chi connectivity index (χ0) is 16.8. The van der Waals surface area contributed by atoms with Crippen LogP contribution >= 0.6 is 58.0 Å². The van der Waals surface area contributed by atoms with Crippen LogP contribution in [0.4, 0.5) is 17.6 Å². The molecule has 0 saturated heterocycles. The molecule has 2 aromatic carbocycles. The van der Waals surface area contributed by atoms with Gasteiger partial charge < -0.3 is 0 Å². The Labute approximate surface area is 147 Å². The van der Waals surface area contributed by atoms with Gasteiger partial charge in [0.2, 0.25) is 0 Å². The second-order valence-electron chi connectivity index (χ2n) is 4.13. The second-order valence-corrected chi connectivity index (χ2v) is 6.02. The predicted octanol–water partition coefficient (Wildman–Crippen LogP) is 7.78. The lowest BCUT2D eigenvalue weighted by Gasteiger charge is -2.17. The summed E-state index contributed by atoms with van der Waals surface area (Å²) in [4.78, 5) is 0. The topological polar surface area (TPSA) is 0 Å². The van der Waals surface area contributed by atoms with E-state index in [1.807, 2.05) is 0 Å². The van der Waals surface area contributed by atoms with Crippen LogP contribution in [0, 0.1) is 5.82 Å². The van der Waals surface area contributed by atoms with Gasteiger partial charge in [-0.15, -0.1) is 0 Å². The number of halogens is 9. The number of hydrogen-bond donors (Lipinski definition) is 0. The second kappa shape index (κ2) is 6.25. The highest BCUT2D eigenvalue weighted by Crippen LogP contribution is 2.50. The lowest BCUT2D eigenvalue weighted by atomic mass is 9.99. The van der Waals surface area contributed by atoms with Crippen molar-refractivity contribution >= 4 is 58.0 Å². The Morgan fingerprint density at radius 3 is 1.64 bits per heavy atom. The van der Waals surface area contributed by atoms with Crippen molar-refractivity contribution < 1.29 is 17.6 Å². The average molecular weight is 412 g/mol. The average Bonchev–Trinajstić information content (AvgIpc) is 2.43. The molecular weight excluding hydrogens is 409 g/mol. The monoisotopic (exact) mass is 410 g/mol. The molecule has 0 unspecified atom stereocenters. The van der Waals surface area contributed by atoms with E-state index in [1.165, 1.54) is 0 Å². The quantitative estimate of drug-likeness (QED) is 0.255. The third-order valence-corrected chi connectivity index (χ3v) is 5.04. The summed E-state index contributed by atoms with van der Waals surface area (Å²) in [6.07, 6.45) is -4.83. The molecule has 0 aromatic heterocycles. The highest BCUT2D eigenvalue weighted by molar-refractivity contribution is 6.56. The van der Waals surface area contributed by atoms with Crippen LogP contribution < -0.4 is 0 Å². The number of rotatable bonds is 1. The molecule has 0 fully saturated rings. The molecule has 0 aliphatic heterocycles. The Bertz CT molecular complexity index is 726. The fourth-order valence-electron chi connectivity index (χ4n) is 1.81. The molecule has 0 spiro atoms. The number of benzene rings is 2. The molecule has 0 amide bonds. The van der Waals surface area contributed by atoms with E-state index in [1.54, 1.807) is 0 Å². The number of hydrogen-bond acceptors (Lipinski definition) is 0. The van der Waals surface area contributed by atoms with Gasteiger partial charge in [-0.2, -0.15) is 13.2 Å². The van der Waals surface area contributed by atoms with E-state index in [-0.39, 0.29) is 30.7 Å². The molecule has 2 rings (SSSR count). The maximum atomic E-state index is 13.2. The Kier molecular flexibility index (Phi) is 5.10. The van der Waals surface area contributed by atoms with Gasteiger partial charge in [0, 0.05) is 5.56 Å². The molecule has 0 aliphatic rings. The maximum absolute atomic E-state index is 13.2. The maximum Gasteiger partial charge on any atom is 0.417 e. The van der Waals surface area contributed by atoms with E-state index in [2.05, 4.69) is 0 Å². The van der Waals surface area contributed by atoms with Crippen LogP contribution in [0.5, 0.6) is 0 Å². The minimum atomic E-state index is -4.83. The van der Waals surface area contributed by atoms with Crippen molar-refractivity contribution in [2.45, 2.75) is 6.18 Å². The van der Waals surface area contributed by atoms with Gasteiger partial charge in [0.1, 0.15) is 5.82 Å². The highest BCUT2D eigenvalue weighted by atomic mass is 35.5. The largest absolute Gasteiger partial charge is 0.417 e. The molecule has 0 radical (unpaired) electrons. The first-order valence-corrected chi connectivity index (χ1v) is 7.33. The Morgan fingerprint density at radius 1 is 0.727 bits per heavy atom. The van der Waals surface area contributed by atoms with Crippen LogP contribution in [0.2, 0.25) is 25.1 Å². The number of alkyl halides is 3. The van der Waals surface area contributed by atoms with Crippen molar-refractivity contribution in [2.24, 2.45) is 0 Å². The van der Waals surface area contributed by atoms with Gasteiger partial charge >= 0.3 is 6.18 Å². The van der Waals surface area contributed by atoms with Crippen molar-refractivity contribution in [3.8, 4) is 11.1 Å². The van der Waals surface area contributed by atoms with Crippen LogP contribution in [0.15, 0.2) is 18.2 Å². The fourth-order valence-corrected chi connectivity index (χ4v) is 3.15. The summed E-state index contributed by atoms with van der Waals surface area (Å²) in [5.41, 5.74) is -1.98. The predicted molar refractivity (Wildman–Crippen MR) is 81.9 cm³/mol. The lowest BCUT2D eigenvalue weighted by molar-refractivity contribution is -0.137. The Hall–Kier alpha value is -0.390. The molecule has 118 valence electrons. The van der Waals surface area contributed by atoms with Crippen molar-refractivity contribution in [1.29, 1.82) is 0 Å². The third kappa shape index (κ3) is 3.13. The highest BCUT2D eigenvalue weighted by Gasteiger charge is 2.36. The first kappa shape index (κ1) is 18.0. The summed E-state index contributed by atoms with van der Waals surface area (Å²) >= 11 is 29.4. The van der Waals surface area contributed by atoms with E-state index >= 15 is 0 Å². The van der Waals surface area contributed by atoms with E-state index in [0.717, 1.165) is 12.1 Å². The summed E-state index contributed by atoms with van der Waals surface area (Å²) in [7, 11) is 0. The molecule has 0 N–H and O–H groups in total. The normalized spacial score (nSPS) is 11.9. The summed E-state index contributed by atoms with van der Waals surface area (Å²) in [5.74, 6) is -1.06. The summed E-state index contributed by atoms with van der Waals surface area (Å²) in [6, 6.07) is 2.07. The molecule has 9 heteroatoms. The van der Waals surface area contributed by atoms with Crippen molar-refractivity contribution in [1.82, 2.24) is 0 Å². The van der Waals surface area contributed by atoms with Gasteiger partial charge in [0.15, 0.2) is 0 Å². The van der Waals surface area contributed by atoms with Gasteiger partial charge in [-0.05, 0) is 17.7 Å². The van der Waals surface area contributed by atoms with Crippen LogP contribution in [-0.2, 0) is 6.18 Å². The van der Waals surface area contributed by atoms with Crippen molar-refractivity contribution in [2.75, 3.05) is 0 Å². The molecule has 2 aromatic rings. The lowest BCUT2D eigenvalue weighted by Crippen LogP contribution is -2.08. The van der Waals surface area contributed by atoms with Crippen LogP contribution in [-0.4, -0.2) is 0 Å². The van der Waals surface area contributed by atoms with Crippen LogP contribution in [0.1, 0.15) is 5.56 Å². The zero-order valence-electron chi connectivity index (χ0n) is 10.1. The van der Waals surface area contributed by atoms with Crippen LogP contribution in [0.25, 0.3) is 11.1 Å². The first-order chi connectivity index (χ1) is 10.1.